The van der Waals surface area contributed by atoms with E-state index in [1.54, 1.807) is 42.3 Å². The Labute approximate surface area is 381 Å². The third-order valence-electron chi connectivity index (χ3n) is 10.7. The van der Waals surface area contributed by atoms with Crippen LogP contribution in [0.25, 0.3) is 0 Å². The minimum Gasteiger partial charge on any atom is -0.466 e. The van der Waals surface area contributed by atoms with Crippen molar-refractivity contribution in [3.63, 3.8) is 0 Å². The summed E-state index contributed by atoms with van der Waals surface area (Å²) in [5, 5.41) is 8.20. The van der Waals surface area contributed by atoms with Crippen LogP contribution in [0.2, 0.25) is 25.2 Å². The molecule has 0 bridgehead atoms. The first-order chi connectivity index (χ1) is 29.5. The van der Waals surface area contributed by atoms with Crippen LogP contribution in [0, 0.1) is 10.8 Å². The van der Waals surface area contributed by atoms with Crippen molar-refractivity contribution < 1.29 is 58.7 Å². The zero-order chi connectivity index (χ0) is 47.5. The van der Waals surface area contributed by atoms with Crippen LogP contribution in [0.15, 0.2) is 60.7 Å². The summed E-state index contributed by atoms with van der Waals surface area (Å²) in [6, 6.07) is 19.0. The van der Waals surface area contributed by atoms with E-state index in [2.05, 4.69) is 38.3 Å². The Morgan fingerprint density at radius 3 is 1.43 bits per heavy atom. The molecule has 0 amide bonds. The highest BCUT2D eigenvalue weighted by molar-refractivity contribution is 7.01. The Balaban J connectivity index is 2.54. The molecule has 63 heavy (non-hydrogen) atoms. The molecular weight excluding hydrogens is 877 g/mol. The molecule has 0 radical (unpaired) electrons. The van der Waals surface area contributed by atoms with Gasteiger partial charge in [0, 0.05) is 60.0 Å². The lowest BCUT2D eigenvalue weighted by Crippen LogP contribution is -2.73. The number of hydrogen-bond donors (Lipinski definition) is 2. The van der Waals surface area contributed by atoms with E-state index in [-0.39, 0.29) is 43.0 Å². The highest BCUT2D eigenvalue weighted by Crippen LogP contribution is 2.34. The van der Waals surface area contributed by atoms with Crippen molar-refractivity contribution in [1.82, 2.24) is 10.6 Å². The van der Waals surface area contributed by atoms with Gasteiger partial charge in [0.2, 0.25) is 0 Å². The van der Waals surface area contributed by atoms with Gasteiger partial charge in [-0.1, -0.05) is 88.4 Å². The van der Waals surface area contributed by atoms with Gasteiger partial charge in [-0.05, 0) is 74.8 Å². The number of rotatable bonds is 32. The predicted molar refractivity (Wildman–Crippen MR) is 252 cm³/mol. The molecule has 2 atom stereocenters. The number of carbonyl (C=O) groups is 4. The van der Waals surface area contributed by atoms with Crippen LogP contribution in [0.3, 0.4) is 0 Å². The first-order valence-electron chi connectivity index (χ1n) is 21.7. The first-order valence-corrected chi connectivity index (χ1v) is 30.2. The maximum atomic E-state index is 12.9. The van der Waals surface area contributed by atoms with Gasteiger partial charge in [-0.3, -0.25) is 19.2 Å². The van der Waals surface area contributed by atoms with E-state index in [1.807, 2.05) is 73.8 Å². The molecule has 0 spiro atoms. The van der Waals surface area contributed by atoms with Gasteiger partial charge in [0.1, 0.15) is 17.6 Å². The second kappa shape index (κ2) is 25.8. The zero-order valence-electron chi connectivity index (χ0n) is 40.3. The standard InChI is InChI=1S/C44H76N2O13Si4/c1-15-55-41(49)32-40(42(50)56-16-2)46-34-44(7,8)28-30-62(53-11,54-12)59-63(37-23-19-17-20-24-37,38-25-21-18-22-26-38)58-60(13,14)57-61(51-9,52-10)29-27-43(5,6)33-45-39(36(4)48)31-35(3)47/h17-26,39-40,45-46H,15-16,27-34H2,1-14H3. The van der Waals surface area contributed by atoms with E-state index in [9.17, 15) is 19.2 Å². The molecule has 0 aromatic heterocycles. The third-order valence-corrected chi connectivity index (χ3v) is 25.9. The molecule has 15 nitrogen and oxygen atoms in total. The van der Waals surface area contributed by atoms with E-state index in [0.717, 1.165) is 10.4 Å². The highest BCUT2D eigenvalue weighted by atomic mass is 28.5. The van der Waals surface area contributed by atoms with Crippen LogP contribution < -0.4 is 21.0 Å². The van der Waals surface area contributed by atoms with E-state index < -0.39 is 64.2 Å². The number of hydrogen-bond acceptors (Lipinski definition) is 15. The van der Waals surface area contributed by atoms with Gasteiger partial charge in [0.25, 0.3) is 0 Å². The summed E-state index contributed by atoms with van der Waals surface area (Å²) >= 11 is 0. The number of carbonyl (C=O) groups excluding carboxylic acids is 4. The maximum absolute atomic E-state index is 12.9. The van der Waals surface area contributed by atoms with E-state index in [0.29, 0.717) is 38.0 Å². The van der Waals surface area contributed by atoms with Crippen LogP contribution >= 0.6 is 0 Å². The van der Waals surface area contributed by atoms with Crippen molar-refractivity contribution in [2.45, 2.75) is 118 Å². The van der Waals surface area contributed by atoms with Gasteiger partial charge in [0.05, 0.1) is 25.7 Å². The Bertz CT molecular complexity index is 1670. The van der Waals surface area contributed by atoms with Crippen LogP contribution in [-0.2, 0) is 58.7 Å². The Hall–Kier alpha value is -2.77. The molecule has 2 unspecified atom stereocenters. The van der Waals surface area contributed by atoms with Gasteiger partial charge >= 0.3 is 46.7 Å². The molecule has 0 saturated heterocycles. The Morgan fingerprint density at radius 1 is 0.603 bits per heavy atom. The van der Waals surface area contributed by atoms with Crippen molar-refractivity contribution in [3.05, 3.63) is 60.7 Å². The normalized spacial score (nSPS) is 13.9. The van der Waals surface area contributed by atoms with Crippen molar-refractivity contribution in [2.24, 2.45) is 10.8 Å². The van der Waals surface area contributed by atoms with Crippen LogP contribution in [0.4, 0.5) is 0 Å². The average molecular weight is 953 g/mol. The van der Waals surface area contributed by atoms with Crippen LogP contribution in [0.1, 0.15) is 81.1 Å². The van der Waals surface area contributed by atoms with Crippen molar-refractivity contribution >= 4 is 68.6 Å². The maximum Gasteiger partial charge on any atom is 0.491 e. The van der Waals surface area contributed by atoms with Gasteiger partial charge in [0.15, 0.2) is 0 Å². The molecule has 2 rings (SSSR count). The fourth-order valence-corrected chi connectivity index (χ4v) is 24.4. The molecule has 0 aliphatic heterocycles. The minimum atomic E-state index is -3.82. The van der Waals surface area contributed by atoms with E-state index in [4.69, 9.17) is 39.5 Å². The number of nitrogens with one attached hydrogen (secondary N) is 2. The summed E-state index contributed by atoms with van der Waals surface area (Å²) in [5.74, 6) is -1.15. The van der Waals surface area contributed by atoms with Crippen LogP contribution in [-0.4, -0.2) is 125 Å². The molecule has 356 valence electrons. The Kier molecular flexibility index (Phi) is 23.1. The molecule has 0 aliphatic carbocycles. The van der Waals surface area contributed by atoms with Crippen LogP contribution in [0.5, 0.6) is 0 Å². The fraction of sp³-hybridized carbons (Fsp3) is 0.636. The lowest BCUT2D eigenvalue weighted by Gasteiger charge is -2.44. The van der Waals surface area contributed by atoms with E-state index >= 15 is 0 Å². The molecule has 0 aliphatic rings. The van der Waals surface area contributed by atoms with Gasteiger partial charge in [-0.25, -0.2) is 0 Å². The number of esters is 2. The number of Topliss-reactive ketones (excluding diaryl/α,β-unsaturated/α-hetero) is 2. The Morgan fingerprint density at radius 2 is 1.03 bits per heavy atom. The second-order valence-electron chi connectivity index (χ2n) is 17.7. The van der Waals surface area contributed by atoms with E-state index in [1.165, 1.54) is 13.8 Å². The van der Waals surface area contributed by atoms with Gasteiger partial charge in [-0.2, -0.15) is 0 Å². The number of ether oxygens (including phenoxy) is 2. The first kappa shape index (κ1) is 56.4. The molecule has 0 fully saturated rings. The number of benzene rings is 2. The van der Waals surface area contributed by atoms with Gasteiger partial charge < -0.3 is 50.2 Å². The summed E-state index contributed by atoms with van der Waals surface area (Å²) in [7, 11) is -7.82. The molecule has 2 N–H and O–H groups in total. The number of ketones is 2. The summed E-state index contributed by atoms with van der Waals surface area (Å²) in [6.45, 7) is 19.9. The summed E-state index contributed by atoms with van der Waals surface area (Å²) in [6.07, 6.45) is 1.15. The van der Waals surface area contributed by atoms with Crippen molar-refractivity contribution in [1.29, 1.82) is 0 Å². The molecule has 0 heterocycles. The average Bonchev–Trinajstić information content (AvgIpc) is 3.24. The third kappa shape index (κ3) is 18.2. The minimum absolute atomic E-state index is 0.0529. The largest absolute Gasteiger partial charge is 0.491 e. The van der Waals surface area contributed by atoms with Crippen molar-refractivity contribution in [3.8, 4) is 0 Å². The quantitative estimate of drug-likeness (QED) is 0.0715. The topological polar surface area (TPSA) is 175 Å². The SMILES string of the molecule is CCOC(=O)CC(NCC(C)(C)CC[Si](OC)(OC)O[Si](O[Si](C)(C)O[Si](CCC(C)(C)CNC(CC(C)=O)C(C)=O)(OC)OC)(c1ccccc1)c1ccccc1)C(=O)OCC. The molecule has 2 aromatic carbocycles. The van der Waals surface area contributed by atoms with Gasteiger partial charge in [-0.15, -0.1) is 0 Å². The van der Waals surface area contributed by atoms with Crippen molar-refractivity contribution in [2.75, 3.05) is 54.7 Å². The molecule has 19 heteroatoms. The smallest absolute Gasteiger partial charge is 0.466 e. The monoisotopic (exact) mass is 952 g/mol. The molecule has 0 saturated carbocycles. The summed E-state index contributed by atoms with van der Waals surface area (Å²) < 4.78 is 57.5. The lowest BCUT2D eigenvalue weighted by molar-refractivity contribution is -0.152. The molecular formula is C44H76N2O13Si4. The second-order valence-corrected chi connectivity index (χ2v) is 30.7. The summed E-state index contributed by atoms with van der Waals surface area (Å²) in [4.78, 5) is 49.4. The summed E-state index contributed by atoms with van der Waals surface area (Å²) in [5.41, 5.74) is -0.761. The predicted octanol–water partition coefficient (Wildman–Crippen LogP) is 5.29. The molecule has 2 aromatic rings. The highest BCUT2D eigenvalue weighted by Gasteiger charge is 2.58. The fourth-order valence-electron chi connectivity index (χ4n) is 7.02. The zero-order valence-corrected chi connectivity index (χ0v) is 44.3. The lowest BCUT2D eigenvalue weighted by atomic mass is 9.89.